The average Bonchev–Trinajstić information content (AvgIpc) is 2.57. The topological polar surface area (TPSA) is 59.8 Å². The highest BCUT2D eigenvalue weighted by atomic mass is 35.5. The maximum atomic E-state index is 12.5. The van der Waals surface area contributed by atoms with Gasteiger partial charge in [0.25, 0.3) is 5.91 Å². The Bertz CT molecular complexity index is 609. The number of piperidine rings is 1. The Hall–Kier alpha value is -1.30. The van der Waals surface area contributed by atoms with Crippen molar-refractivity contribution >= 4 is 40.8 Å². The Morgan fingerprint density at radius 3 is 2.88 bits per heavy atom. The SMILES string of the molecule is CCOC(=O)[C@@H]1CCC[NH+]([C@@H](C)C(=O)Nc2cc(Cl)ccc2Cl)C1. The Balaban J connectivity index is 1.99. The maximum Gasteiger partial charge on any atom is 0.314 e. The van der Waals surface area contributed by atoms with Crippen LogP contribution >= 0.6 is 23.2 Å². The zero-order valence-corrected chi connectivity index (χ0v) is 15.4. The quantitative estimate of drug-likeness (QED) is 0.777. The minimum atomic E-state index is -0.294. The Kier molecular flexibility index (Phi) is 6.90. The van der Waals surface area contributed by atoms with Crippen LogP contribution in [-0.2, 0) is 14.3 Å². The molecule has 1 unspecified atom stereocenters. The third kappa shape index (κ3) is 4.85. The van der Waals surface area contributed by atoms with E-state index < -0.39 is 0 Å². The van der Waals surface area contributed by atoms with Gasteiger partial charge in [-0.1, -0.05) is 23.2 Å². The second kappa shape index (κ2) is 8.70. The van der Waals surface area contributed by atoms with Gasteiger partial charge in [0.05, 0.1) is 30.4 Å². The molecular weight excluding hydrogens is 351 g/mol. The number of halogens is 2. The monoisotopic (exact) mass is 373 g/mol. The number of carbonyl (C=O) groups is 2. The van der Waals surface area contributed by atoms with Crippen molar-refractivity contribution in [1.82, 2.24) is 0 Å². The van der Waals surface area contributed by atoms with Crippen molar-refractivity contribution in [2.75, 3.05) is 25.0 Å². The van der Waals surface area contributed by atoms with Gasteiger partial charge in [0, 0.05) is 5.02 Å². The molecule has 132 valence electrons. The van der Waals surface area contributed by atoms with Crippen LogP contribution in [0.4, 0.5) is 5.69 Å². The van der Waals surface area contributed by atoms with E-state index in [-0.39, 0.29) is 23.8 Å². The van der Waals surface area contributed by atoms with Gasteiger partial charge in [-0.15, -0.1) is 0 Å². The van der Waals surface area contributed by atoms with Crippen LogP contribution in [0.15, 0.2) is 18.2 Å². The van der Waals surface area contributed by atoms with E-state index in [0.717, 1.165) is 24.3 Å². The van der Waals surface area contributed by atoms with Gasteiger partial charge in [-0.05, 0) is 44.9 Å². The fraction of sp³-hybridized carbons (Fsp3) is 0.529. The highest BCUT2D eigenvalue weighted by molar-refractivity contribution is 6.35. The van der Waals surface area contributed by atoms with Gasteiger partial charge < -0.3 is 15.0 Å². The molecule has 3 atom stereocenters. The second-order valence-corrected chi connectivity index (χ2v) is 6.88. The Morgan fingerprint density at radius 2 is 2.17 bits per heavy atom. The van der Waals surface area contributed by atoms with E-state index in [4.69, 9.17) is 27.9 Å². The molecular formula is C17H23Cl2N2O3+. The second-order valence-electron chi connectivity index (χ2n) is 6.04. The number of amides is 1. The lowest BCUT2D eigenvalue weighted by molar-refractivity contribution is -0.921. The number of esters is 1. The first-order chi connectivity index (χ1) is 11.4. The summed E-state index contributed by atoms with van der Waals surface area (Å²) in [6, 6.07) is 4.65. The molecule has 5 nitrogen and oxygen atoms in total. The molecule has 1 fully saturated rings. The molecule has 1 amide bonds. The molecule has 1 aliphatic rings. The van der Waals surface area contributed by atoms with Gasteiger partial charge in [0.2, 0.25) is 0 Å². The number of ether oxygens (including phenoxy) is 1. The number of quaternary nitrogens is 1. The minimum Gasteiger partial charge on any atom is -0.466 e. The molecule has 7 heteroatoms. The van der Waals surface area contributed by atoms with Crippen LogP contribution in [0.2, 0.25) is 10.0 Å². The van der Waals surface area contributed by atoms with Gasteiger partial charge >= 0.3 is 5.97 Å². The summed E-state index contributed by atoms with van der Waals surface area (Å²) in [4.78, 5) is 25.5. The maximum absolute atomic E-state index is 12.5. The highest BCUT2D eigenvalue weighted by Crippen LogP contribution is 2.25. The van der Waals surface area contributed by atoms with Crippen LogP contribution < -0.4 is 10.2 Å². The predicted octanol–water partition coefficient (Wildman–Crippen LogP) is 2.18. The zero-order valence-electron chi connectivity index (χ0n) is 13.9. The lowest BCUT2D eigenvalue weighted by atomic mass is 9.97. The molecule has 0 bridgehead atoms. The van der Waals surface area contributed by atoms with Crippen molar-refractivity contribution in [1.29, 1.82) is 0 Å². The van der Waals surface area contributed by atoms with Crippen molar-refractivity contribution < 1.29 is 19.2 Å². The lowest BCUT2D eigenvalue weighted by Crippen LogP contribution is -3.18. The number of anilines is 1. The average molecular weight is 374 g/mol. The molecule has 0 saturated carbocycles. The van der Waals surface area contributed by atoms with Gasteiger partial charge in [-0.25, -0.2) is 0 Å². The molecule has 1 heterocycles. The normalized spacial score (nSPS) is 21.8. The molecule has 1 saturated heterocycles. The fourth-order valence-electron chi connectivity index (χ4n) is 2.97. The van der Waals surface area contributed by atoms with E-state index in [1.165, 1.54) is 0 Å². The molecule has 1 aromatic carbocycles. The molecule has 1 aliphatic heterocycles. The Morgan fingerprint density at radius 1 is 1.42 bits per heavy atom. The first-order valence-electron chi connectivity index (χ1n) is 8.19. The van der Waals surface area contributed by atoms with Gasteiger partial charge in [0.15, 0.2) is 6.04 Å². The number of likely N-dealkylation sites (tertiary alicyclic amines) is 1. The van der Waals surface area contributed by atoms with Crippen LogP contribution in [0.3, 0.4) is 0 Å². The van der Waals surface area contributed by atoms with Crippen LogP contribution in [0.5, 0.6) is 0 Å². The van der Waals surface area contributed by atoms with E-state index in [0.29, 0.717) is 28.9 Å². The van der Waals surface area contributed by atoms with Crippen molar-refractivity contribution in [3.63, 3.8) is 0 Å². The molecule has 1 aromatic rings. The Labute approximate surface area is 152 Å². The summed E-state index contributed by atoms with van der Waals surface area (Å²) in [5.74, 6) is -0.447. The molecule has 2 rings (SSSR count). The standard InChI is InChI=1S/C17H22Cl2N2O3/c1-3-24-17(23)12-5-4-8-21(10-12)11(2)16(22)20-15-9-13(18)6-7-14(15)19/h6-7,9,11-12H,3-5,8,10H2,1-2H3,(H,20,22)/p+1/t11-,12+/m0/s1. The molecule has 2 N–H and O–H groups in total. The summed E-state index contributed by atoms with van der Waals surface area (Å²) in [5, 5.41) is 3.78. The van der Waals surface area contributed by atoms with E-state index in [1.54, 1.807) is 25.1 Å². The first-order valence-corrected chi connectivity index (χ1v) is 8.95. The number of nitrogens with one attached hydrogen (secondary N) is 2. The van der Waals surface area contributed by atoms with Crippen LogP contribution in [0.1, 0.15) is 26.7 Å². The molecule has 0 aromatic heterocycles. The summed E-state index contributed by atoms with van der Waals surface area (Å²) in [6.07, 6.45) is 1.71. The van der Waals surface area contributed by atoms with E-state index in [1.807, 2.05) is 6.92 Å². The highest BCUT2D eigenvalue weighted by Gasteiger charge is 2.35. The smallest absolute Gasteiger partial charge is 0.314 e. The number of carbonyl (C=O) groups excluding carboxylic acids is 2. The molecule has 0 spiro atoms. The van der Waals surface area contributed by atoms with Gasteiger partial charge in [-0.2, -0.15) is 0 Å². The number of hydrogen-bond donors (Lipinski definition) is 2. The largest absolute Gasteiger partial charge is 0.466 e. The lowest BCUT2D eigenvalue weighted by Gasteiger charge is -2.32. The summed E-state index contributed by atoms with van der Waals surface area (Å²) in [6.45, 7) is 5.51. The van der Waals surface area contributed by atoms with Crippen LogP contribution in [0, 0.1) is 5.92 Å². The number of hydrogen-bond acceptors (Lipinski definition) is 3. The third-order valence-corrected chi connectivity index (χ3v) is 4.94. The van der Waals surface area contributed by atoms with Crippen molar-refractivity contribution in [2.45, 2.75) is 32.7 Å². The van der Waals surface area contributed by atoms with E-state index in [9.17, 15) is 9.59 Å². The van der Waals surface area contributed by atoms with E-state index >= 15 is 0 Å². The summed E-state index contributed by atoms with van der Waals surface area (Å²) in [7, 11) is 0. The van der Waals surface area contributed by atoms with Gasteiger partial charge in [-0.3, -0.25) is 9.59 Å². The predicted molar refractivity (Wildman–Crippen MR) is 94.6 cm³/mol. The minimum absolute atomic E-state index is 0.140. The molecule has 0 aliphatic carbocycles. The fourth-order valence-corrected chi connectivity index (χ4v) is 3.31. The first kappa shape index (κ1) is 19.0. The molecule has 0 radical (unpaired) electrons. The summed E-state index contributed by atoms with van der Waals surface area (Å²) < 4.78 is 5.11. The van der Waals surface area contributed by atoms with E-state index in [2.05, 4.69) is 5.32 Å². The zero-order chi connectivity index (χ0) is 17.7. The van der Waals surface area contributed by atoms with Gasteiger partial charge in [0.1, 0.15) is 5.92 Å². The van der Waals surface area contributed by atoms with Crippen LogP contribution in [-0.4, -0.2) is 37.6 Å². The third-order valence-electron chi connectivity index (χ3n) is 4.37. The molecule has 24 heavy (non-hydrogen) atoms. The number of rotatable bonds is 5. The number of benzene rings is 1. The summed E-state index contributed by atoms with van der Waals surface area (Å²) >= 11 is 12.0. The van der Waals surface area contributed by atoms with Crippen molar-refractivity contribution in [3.05, 3.63) is 28.2 Å². The van der Waals surface area contributed by atoms with Crippen molar-refractivity contribution in [2.24, 2.45) is 5.92 Å². The summed E-state index contributed by atoms with van der Waals surface area (Å²) in [5.41, 5.74) is 0.499. The van der Waals surface area contributed by atoms with Crippen LogP contribution in [0.25, 0.3) is 0 Å². The van der Waals surface area contributed by atoms with Crippen molar-refractivity contribution in [3.8, 4) is 0 Å².